The van der Waals surface area contributed by atoms with Crippen LogP contribution in [-0.2, 0) is 12.8 Å². The van der Waals surface area contributed by atoms with E-state index in [1.165, 1.54) is 32.3 Å². The fourth-order valence-electron chi connectivity index (χ4n) is 5.42. The van der Waals surface area contributed by atoms with E-state index in [9.17, 15) is 0 Å². The van der Waals surface area contributed by atoms with Crippen LogP contribution in [0.15, 0.2) is 192 Å². The molecule has 2 nitrogen and oxygen atoms in total. The van der Waals surface area contributed by atoms with Crippen LogP contribution in [0.2, 0.25) is 0 Å². The Balaban J connectivity index is 1.50. The second kappa shape index (κ2) is 15.5. The molecule has 4 heteroatoms. The molecular formula is C41H36N2P2. The van der Waals surface area contributed by atoms with E-state index in [1.807, 2.05) is 0 Å². The van der Waals surface area contributed by atoms with E-state index < -0.39 is 21.6 Å². The molecule has 220 valence electrons. The number of rotatable bonds is 12. The highest BCUT2D eigenvalue weighted by Crippen LogP contribution is 2.39. The minimum Gasteiger partial charge on any atom is -0.263 e. The molecule has 0 spiro atoms. The Kier molecular flexibility index (Phi) is 10.5. The zero-order valence-corrected chi connectivity index (χ0v) is 27.0. The molecule has 0 amide bonds. The average molecular weight is 619 g/mol. The molecule has 0 unspecified atom stereocenters. The molecular weight excluding hydrogens is 582 g/mol. The lowest BCUT2D eigenvalue weighted by Crippen LogP contribution is -2.31. The van der Waals surface area contributed by atoms with Crippen LogP contribution in [0.4, 0.5) is 0 Å². The summed E-state index contributed by atoms with van der Waals surface area (Å²) in [6.07, 6.45) is 6.03. The minimum absolute atomic E-state index is 0.461. The van der Waals surface area contributed by atoms with E-state index in [1.54, 1.807) is 0 Å². The van der Waals surface area contributed by atoms with Crippen molar-refractivity contribution >= 4 is 49.8 Å². The Labute approximate surface area is 269 Å². The summed E-state index contributed by atoms with van der Waals surface area (Å²) in [5.41, 5.74) is 2.06. The first-order valence-corrected chi connectivity index (χ1v) is 17.9. The summed E-state index contributed by atoms with van der Waals surface area (Å²) in [4.78, 5) is 0. The lowest BCUT2D eigenvalue weighted by molar-refractivity contribution is 0.593. The number of benzene rings is 6. The van der Waals surface area contributed by atoms with Crippen molar-refractivity contribution in [2.45, 2.75) is 12.8 Å². The van der Waals surface area contributed by atoms with Gasteiger partial charge in [0.15, 0.2) is 0 Å². The number of nitrogens with zero attached hydrogens (tertiary/aromatic N) is 2. The summed E-state index contributed by atoms with van der Waals surface area (Å²) in [6, 6.07) is 64.3. The molecule has 0 saturated carbocycles. The zero-order chi connectivity index (χ0) is 30.6. The van der Waals surface area contributed by atoms with E-state index in [0.29, 0.717) is 0 Å². The average Bonchev–Trinajstić information content (AvgIpc) is 3.11. The van der Waals surface area contributed by atoms with Crippen molar-refractivity contribution in [2.24, 2.45) is 14.9 Å². The third-order valence-electron chi connectivity index (χ3n) is 7.62. The maximum Gasteiger partial charge on any atom is 0.0776 e. The van der Waals surface area contributed by atoms with E-state index in [4.69, 9.17) is 9.53 Å². The molecule has 0 saturated heterocycles. The summed E-state index contributed by atoms with van der Waals surface area (Å²) < 4.78 is 11.0. The van der Waals surface area contributed by atoms with Gasteiger partial charge in [-0.15, -0.1) is 0 Å². The molecule has 0 fully saturated rings. The van der Waals surface area contributed by atoms with Gasteiger partial charge >= 0.3 is 0 Å². The normalized spacial score (nSPS) is 12.0. The first-order valence-electron chi connectivity index (χ1n) is 15.3. The molecule has 0 aliphatic carbocycles. The summed E-state index contributed by atoms with van der Waals surface area (Å²) in [5, 5.41) is 4.93. The Morgan fingerprint density at radius 1 is 0.356 bits per heavy atom. The highest BCUT2D eigenvalue weighted by atomic mass is 31.1. The van der Waals surface area contributed by atoms with E-state index in [0.717, 1.165) is 12.8 Å². The number of hydrogen-bond acceptors (Lipinski definition) is 2. The Hall–Kier alpha value is -4.48. The second-order valence-corrected chi connectivity index (χ2v) is 14.8. The first-order chi connectivity index (χ1) is 22.3. The Morgan fingerprint density at radius 2 is 0.600 bits per heavy atom. The standard InChI is InChI=1S/C41H36N2P2/c1-7-19-35(20-8-1)31-41(32-36-21-9-2-10-22-36,33-42-44(37-23-11-3-12-24-37)38-25-13-4-14-26-38)34-43-45(39-27-15-5-16-28-39)40-29-17-6-18-30-40/h1-30,33-34H,31-32H2/b42-33+,43-34+. The predicted octanol–water partition coefficient (Wildman–Crippen LogP) is 8.70. The summed E-state index contributed by atoms with van der Waals surface area (Å²) in [5.74, 6) is 0. The molecule has 0 bridgehead atoms. The summed E-state index contributed by atoms with van der Waals surface area (Å²) in [7, 11) is -1.93. The Morgan fingerprint density at radius 3 is 0.867 bits per heavy atom. The van der Waals surface area contributed by atoms with Crippen molar-refractivity contribution in [3.05, 3.63) is 193 Å². The largest absolute Gasteiger partial charge is 0.263 e. The van der Waals surface area contributed by atoms with Crippen LogP contribution in [0.25, 0.3) is 0 Å². The fraction of sp³-hybridized carbons (Fsp3) is 0.0732. The molecule has 6 rings (SSSR count). The van der Waals surface area contributed by atoms with Crippen LogP contribution < -0.4 is 21.2 Å². The lowest BCUT2D eigenvalue weighted by Gasteiger charge is -2.28. The highest BCUT2D eigenvalue weighted by molar-refractivity contribution is 7.72. The van der Waals surface area contributed by atoms with Crippen LogP contribution in [0.1, 0.15) is 11.1 Å². The molecule has 0 aliphatic rings. The van der Waals surface area contributed by atoms with Crippen molar-refractivity contribution in [1.29, 1.82) is 0 Å². The third-order valence-corrected chi connectivity index (χ3v) is 11.5. The second-order valence-electron chi connectivity index (χ2n) is 11.0. The van der Waals surface area contributed by atoms with Crippen LogP contribution in [0.5, 0.6) is 0 Å². The van der Waals surface area contributed by atoms with Crippen molar-refractivity contribution in [3.8, 4) is 0 Å². The molecule has 6 aromatic rings. The molecule has 0 heterocycles. The molecule has 0 aromatic heterocycles. The van der Waals surface area contributed by atoms with Crippen molar-refractivity contribution < 1.29 is 0 Å². The summed E-state index contributed by atoms with van der Waals surface area (Å²) in [6.45, 7) is 0. The monoisotopic (exact) mass is 618 g/mol. The van der Waals surface area contributed by atoms with Gasteiger partial charge in [-0.1, -0.05) is 182 Å². The van der Waals surface area contributed by atoms with Gasteiger partial charge < -0.3 is 0 Å². The van der Waals surface area contributed by atoms with Gasteiger partial charge in [0.1, 0.15) is 0 Å². The number of hydrogen-bond donors (Lipinski definition) is 0. The van der Waals surface area contributed by atoms with Gasteiger partial charge in [-0.2, -0.15) is 0 Å². The van der Waals surface area contributed by atoms with E-state index >= 15 is 0 Å². The van der Waals surface area contributed by atoms with Crippen molar-refractivity contribution in [2.75, 3.05) is 0 Å². The van der Waals surface area contributed by atoms with Gasteiger partial charge in [-0.05, 0) is 24.0 Å². The van der Waals surface area contributed by atoms with Crippen molar-refractivity contribution in [3.63, 3.8) is 0 Å². The maximum atomic E-state index is 5.51. The van der Waals surface area contributed by atoms with Gasteiger partial charge in [0.2, 0.25) is 0 Å². The molecule has 0 atom stereocenters. The van der Waals surface area contributed by atoms with Gasteiger partial charge in [0.05, 0.1) is 16.1 Å². The predicted molar refractivity (Wildman–Crippen MR) is 198 cm³/mol. The van der Waals surface area contributed by atoms with Crippen molar-refractivity contribution in [1.82, 2.24) is 0 Å². The van der Waals surface area contributed by atoms with Crippen LogP contribution in [0, 0.1) is 5.41 Å². The molecule has 6 aromatic carbocycles. The molecule has 45 heavy (non-hydrogen) atoms. The van der Waals surface area contributed by atoms with Crippen LogP contribution >= 0.6 is 16.1 Å². The highest BCUT2D eigenvalue weighted by Gasteiger charge is 2.29. The molecule has 0 aliphatic heterocycles. The quantitative estimate of drug-likeness (QED) is 0.0969. The lowest BCUT2D eigenvalue weighted by atomic mass is 9.78. The minimum atomic E-state index is -0.965. The first kappa shape index (κ1) is 30.5. The molecule has 0 N–H and O–H groups in total. The van der Waals surface area contributed by atoms with Gasteiger partial charge in [0.25, 0.3) is 0 Å². The van der Waals surface area contributed by atoms with Crippen LogP contribution in [-0.4, -0.2) is 12.4 Å². The van der Waals surface area contributed by atoms with Crippen LogP contribution in [0.3, 0.4) is 0 Å². The maximum absolute atomic E-state index is 5.51. The smallest absolute Gasteiger partial charge is 0.0776 e. The Bertz CT molecular complexity index is 1560. The SMILES string of the molecule is C(=N\P(c1ccccc1)c1ccccc1)/C(/C=N/P(c1ccccc1)c1ccccc1)(Cc1ccccc1)Cc1ccccc1. The van der Waals surface area contributed by atoms with Gasteiger partial charge in [0, 0.05) is 39.1 Å². The third kappa shape index (κ3) is 8.37. The summed E-state index contributed by atoms with van der Waals surface area (Å²) >= 11 is 0. The fourth-order valence-corrected chi connectivity index (χ4v) is 9.06. The molecule has 0 radical (unpaired) electrons. The van der Waals surface area contributed by atoms with Gasteiger partial charge in [-0.3, -0.25) is 9.53 Å². The van der Waals surface area contributed by atoms with E-state index in [2.05, 4.69) is 194 Å². The topological polar surface area (TPSA) is 24.7 Å². The van der Waals surface area contributed by atoms with Gasteiger partial charge in [-0.25, -0.2) is 0 Å². The zero-order valence-electron chi connectivity index (χ0n) is 25.2. The van der Waals surface area contributed by atoms with E-state index in [-0.39, 0.29) is 0 Å².